The van der Waals surface area contributed by atoms with Crippen LogP contribution < -0.4 is 0 Å². The summed E-state index contributed by atoms with van der Waals surface area (Å²) in [7, 11) is 0. The van der Waals surface area contributed by atoms with E-state index < -0.39 is 0 Å². The Morgan fingerprint density at radius 3 is 2.29 bits per heavy atom. The van der Waals surface area contributed by atoms with Crippen LogP contribution in [-0.2, 0) is 6.42 Å². The van der Waals surface area contributed by atoms with Gasteiger partial charge >= 0.3 is 0 Å². The Morgan fingerprint density at radius 2 is 1.79 bits per heavy atom. The van der Waals surface area contributed by atoms with Gasteiger partial charge in [0, 0.05) is 30.6 Å². The zero-order valence-corrected chi connectivity index (χ0v) is 16.0. The molecule has 0 unspecified atom stereocenters. The van der Waals surface area contributed by atoms with Crippen LogP contribution in [-0.4, -0.2) is 29.4 Å². The summed E-state index contributed by atoms with van der Waals surface area (Å²) in [5.41, 5.74) is 2.35. The van der Waals surface area contributed by atoms with Crippen LogP contribution in [0.5, 0.6) is 0 Å². The maximum absolute atomic E-state index is 13.0. The van der Waals surface area contributed by atoms with Crippen molar-refractivity contribution in [3.05, 3.63) is 47.9 Å². The van der Waals surface area contributed by atoms with E-state index in [2.05, 4.69) is 31.6 Å². The third-order valence-electron chi connectivity index (χ3n) is 4.64. The van der Waals surface area contributed by atoms with Crippen molar-refractivity contribution in [1.82, 2.24) is 4.90 Å². The molecule has 1 fully saturated rings. The molecule has 2 nitrogen and oxygen atoms in total. The Bertz CT molecular complexity index is 566. The first-order valence-electron chi connectivity index (χ1n) is 8.82. The Kier molecular flexibility index (Phi) is 6.90. The molecule has 0 saturated carbocycles. The number of aliphatic imine (C=N–C) groups is 1. The molecule has 0 radical (unpaired) electrons. The van der Waals surface area contributed by atoms with E-state index in [9.17, 15) is 4.39 Å². The predicted octanol–water partition coefficient (Wildman–Crippen LogP) is 5.50. The summed E-state index contributed by atoms with van der Waals surface area (Å²) < 4.78 is 13.0. The van der Waals surface area contributed by atoms with Gasteiger partial charge in [0.05, 0.1) is 0 Å². The molecule has 0 atom stereocenters. The maximum Gasteiger partial charge on any atom is 0.163 e. The molecule has 1 aliphatic heterocycles. The van der Waals surface area contributed by atoms with Crippen LogP contribution in [0, 0.1) is 11.2 Å². The number of hydrogen-bond donors (Lipinski definition) is 0. The molecule has 0 aromatic heterocycles. The van der Waals surface area contributed by atoms with Gasteiger partial charge in [0.2, 0.25) is 0 Å². The fraction of sp³-hybridized carbons (Fsp3) is 0.550. The van der Waals surface area contributed by atoms with Crippen LogP contribution in [0.3, 0.4) is 0 Å². The van der Waals surface area contributed by atoms with Crippen molar-refractivity contribution in [2.75, 3.05) is 19.3 Å². The molecule has 1 saturated heterocycles. The van der Waals surface area contributed by atoms with Gasteiger partial charge < -0.3 is 4.90 Å². The van der Waals surface area contributed by atoms with Crippen molar-refractivity contribution >= 4 is 16.9 Å². The van der Waals surface area contributed by atoms with Gasteiger partial charge in [-0.2, -0.15) is 0 Å². The summed E-state index contributed by atoms with van der Waals surface area (Å²) in [6.45, 7) is 10.9. The molecule has 1 aromatic rings. The minimum absolute atomic E-state index is 0.207. The SMILES string of the molecule is C=C(Cc1ccc(F)cc1)N=C(SC)N1CC(CCC)(CCC)C1. The average Bonchev–Trinajstić information content (AvgIpc) is 2.52. The predicted molar refractivity (Wildman–Crippen MR) is 104 cm³/mol. The summed E-state index contributed by atoms with van der Waals surface area (Å²) in [5, 5.41) is 1.06. The summed E-state index contributed by atoms with van der Waals surface area (Å²) in [6, 6.07) is 6.57. The summed E-state index contributed by atoms with van der Waals surface area (Å²) >= 11 is 1.69. The number of thioether (sulfide) groups is 1. The van der Waals surface area contributed by atoms with Crippen LogP contribution >= 0.6 is 11.8 Å². The van der Waals surface area contributed by atoms with E-state index in [-0.39, 0.29) is 5.82 Å². The Labute approximate surface area is 150 Å². The van der Waals surface area contributed by atoms with E-state index in [1.807, 2.05) is 0 Å². The number of amidine groups is 1. The van der Waals surface area contributed by atoms with Crippen molar-refractivity contribution in [1.29, 1.82) is 0 Å². The van der Waals surface area contributed by atoms with E-state index in [0.29, 0.717) is 11.8 Å². The van der Waals surface area contributed by atoms with E-state index in [1.165, 1.54) is 37.8 Å². The quantitative estimate of drug-likeness (QED) is 0.477. The zero-order valence-electron chi connectivity index (χ0n) is 15.1. The molecular formula is C20H29FN2S. The molecule has 2 rings (SSSR count). The highest BCUT2D eigenvalue weighted by Gasteiger charge is 2.42. The van der Waals surface area contributed by atoms with Crippen molar-refractivity contribution in [3.63, 3.8) is 0 Å². The zero-order chi connectivity index (χ0) is 17.6. The molecular weight excluding hydrogens is 319 g/mol. The lowest BCUT2D eigenvalue weighted by Gasteiger charge is -2.51. The topological polar surface area (TPSA) is 15.6 Å². The lowest BCUT2D eigenvalue weighted by atomic mass is 9.73. The molecule has 1 aromatic carbocycles. The first-order chi connectivity index (χ1) is 11.5. The second-order valence-electron chi connectivity index (χ2n) is 6.82. The molecule has 4 heteroatoms. The third-order valence-corrected chi connectivity index (χ3v) is 5.36. The molecule has 0 amide bonds. The molecule has 1 heterocycles. The van der Waals surface area contributed by atoms with E-state index in [1.54, 1.807) is 23.9 Å². The summed E-state index contributed by atoms with van der Waals surface area (Å²) in [6.07, 6.45) is 7.83. The lowest BCUT2D eigenvalue weighted by molar-refractivity contribution is 0.0414. The molecule has 1 aliphatic rings. The van der Waals surface area contributed by atoms with Crippen LogP contribution in [0.25, 0.3) is 0 Å². The van der Waals surface area contributed by atoms with Gasteiger partial charge in [0.25, 0.3) is 0 Å². The van der Waals surface area contributed by atoms with Crippen molar-refractivity contribution in [2.24, 2.45) is 10.4 Å². The normalized spacial score (nSPS) is 16.8. The number of nitrogens with zero attached hydrogens (tertiary/aromatic N) is 2. The Balaban J connectivity index is 1.97. The maximum atomic E-state index is 13.0. The average molecular weight is 349 g/mol. The first kappa shape index (κ1) is 19.0. The van der Waals surface area contributed by atoms with Gasteiger partial charge in [-0.05, 0) is 36.8 Å². The Hall–Kier alpha value is -1.29. The standard InChI is InChI=1S/C20H29FN2S/c1-5-11-20(12-6-2)14-23(15-20)19(24-4)22-16(3)13-17-7-9-18(21)10-8-17/h7-10H,3,5-6,11-15H2,1-2,4H3. The molecule has 0 aliphatic carbocycles. The van der Waals surface area contributed by atoms with Gasteiger partial charge in [0.15, 0.2) is 5.17 Å². The number of rotatable bonds is 7. The minimum Gasteiger partial charge on any atom is -0.350 e. The van der Waals surface area contributed by atoms with Gasteiger partial charge in [-0.3, -0.25) is 0 Å². The number of likely N-dealkylation sites (tertiary alicyclic amines) is 1. The van der Waals surface area contributed by atoms with Crippen molar-refractivity contribution < 1.29 is 4.39 Å². The van der Waals surface area contributed by atoms with Crippen LogP contribution in [0.1, 0.15) is 45.1 Å². The first-order valence-corrected chi connectivity index (χ1v) is 10.0. The van der Waals surface area contributed by atoms with Gasteiger partial charge in [-0.15, -0.1) is 0 Å². The number of allylic oxidation sites excluding steroid dienone is 1. The largest absolute Gasteiger partial charge is 0.350 e. The van der Waals surface area contributed by atoms with Crippen LogP contribution in [0.15, 0.2) is 41.5 Å². The highest BCUT2D eigenvalue weighted by atomic mass is 32.2. The van der Waals surface area contributed by atoms with Crippen molar-refractivity contribution in [2.45, 2.75) is 46.0 Å². The summed E-state index contributed by atoms with van der Waals surface area (Å²) in [5.74, 6) is -0.207. The van der Waals surface area contributed by atoms with Crippen LogP contribution in [0.4, 0.5) is 4.39 Å². The highest BCUT2D eigenvalue weighted by Crippen LogP contribution is 2.40. The van der Waals surface area contributed by atoms with Crippen LogP contribution in [0.2, 0.25) is 0 Å². The number of benzene rings is 1. The van der Waals surface area contributed by atoms with Gasteiger partial charge in [-0.1, -0.05) is 57.2 Å². The third kappa shape index (κ3) is 4.85. The second kappa shape index (κ2) is 8.70. The molecule has 0 spiro atoms. The van der Waals surface area contributed by atoms with E-state index in [4.69, 9.17) is 4.99 Å². The second-order valence-corrected chi connectivity index (χ2v) is 7.60. The van der Waals surface area contributed by atoms with E-state index in [0.717, 1.165) is 29.5 Å². The lowest BCUT2D eigenvalue weighted by Crippen LogP contribution is -2.57. The van der Waals surface area contributed by atoms with E-state index >= 15 is 0 Å². The molecule has 0 N–H and O–H groups in total. The number of halogens is 1. The van der Waals surface area contributed by atoms with Gasteiger partial charge in [-0.25, -0.2) is 9.38 Å². The summed E-state index contributed by atoms with van der Waals surface area (Å²) in [4.78, 5) is 7.12. The Morgan fingerprint density at radius 1 is 1.21 bits per heavy atom. The van der Waals surface area contributed by atoms with Crippen molar-refractivity contribution in [3.8, 4) is 0 Å². The van der Waals surface area contributed by atoms with Gasteiger partial charge in [0.1, 0.15) is 5.82 Å². The fourth-order valence-corrected chi connectivity index (χ4v) is 4.27. The fourth-order valence-electron chi connectivity index (χ4n) is 3.66. The molecule has 132 valence electrons. The number of hydrogen-bond acceptors (Lipinski definition) is 2. The molecule has 24 heavy (non-hydrogen) atoms. The monoisotopic (exact) mass is 348 g/mol. The highest BCUT2D eigenvalue weighted by molar-refractivity contribution is 8.13. The smallest absolute Gasteiger partial charge is 0.163 e. The minimum atomic E-state index is -0.207. The molecule has 0 bridgehead atoms.